The Bertz CT molecular complexity index is 431. The molecule has 0 aliphatic rings. The molecule has 0 bridgehead atoms. The molecule has 0 aromatic heterocycles. The monoisotopic (exact) mass is 238 g/mol. The van der Waals surface area contributed by atoms with Gasteiger partial charge in [-0.15, -0.1) is 0 Å². The smallest absolute Gasteiger partial charge is 0.00892 e. The summed E-state index contributed by atoms with van der Waals surface area (Å²) in [5.74, 6) is 0.538. The van der Waals surface area contributed by atoms with Gasteiger partial charge in [0.1, 0.15) is 0 Å². The number of aryl methyl sites for hydroxylation is 2. The van der Waals surface area contributed by atoms with Crippen molar-refractivity contribution >= 4 is 0 Å². The van der Waals surface area contributed by atoms with Gasteiger partial charge in [-0.2, -0.15) is 0 Å². The zero-order valence-corrected chi connectivity index (χ0v) is 11.6. The van der Waals surface area contributed by atoms with Crippen molar-refractivity contribution < 1.29 is 0 Å². The first-order valence-corrected chi connectivity index (χ1v) is 6.84. The molecule has 0 amide bonds. The van der Waals surface area contributed by atoms with Gasteiger partial charge < -0.3 is 0 Å². The lowest BCUT2D eigenvalue weighted by molar-refractivity contribution is 0.698. The minimum absolute atomic E-state index is 0.538. The molecule has 0 unspecified atom stereocenters. The second-order valence-electron chi connectivity index (χ2n) is 5.16. The van der Waals surface area contributed by atoms with Crippen molar-refractivity contribution in [1.29, 1.82) is 0 Å². The molecule has 18 heavy (non-hydrogen) atoms. The van der Waals surface area contributed by atoms with Crippen LogP contribution in [0.5, 0.6) is 0 Å². The van der Waals surface area contributed by atoms with Crippen molar-refractivity contribution in [3.8, 4) is 0 Å². The van der Waals surface area contributed by atoms with Gasteiger partial charge in [0.15, 0.2) is 0 Å². The van der Waals surface area contributed by atoms with Crippen LogP contribution < -0.4 is 0 Å². The summed E-state index contributed by atoms with van der Waals surface area (Å²) in [6.45, 7) is 6.55. The van der Waals surface area contributed by atoms with Crippen molar-refractivity contribution in [2.45, 2.75) is 39.5 Å². The fourth-order valence-corrected chi connectivity index (χ4v) is 2.41. The molecule has 0 heteroatoms. The predicted molar refractivity (Wildman–Crippen MR) is 79.1 cm³/mol. The molecular weight excluding hydrogens is 216 g/mol. The molecule has 2 aromatic rings. The molecule has 94 valence electrons. The number of benzene rings is 2. The van der Waals surface area contributed by atoms with Gasteiger partial charge >= 0.3 is 0 Å². The average Bonchev–Trinajstić information content (AvgIpc) is 2.39. The molecule has 0 N–H and O–H groups in total. The Morgan fingerprint density at radius 1 is 0.722 bits per heavy atom. The minimum Gasteiger partial charge on any atom is -0.0653 e. The van der Waals surface area contributed by atoms with Crippen LogP contribution in [0, 0.1) is 13.8 Å². The lowest BCUT2D eigenvalue weighted by Crippen LogP contribution is -2.01. The molecule has 2 rings (SSSR count). The SMILES string of the molecule is CCCC(c1ccc(C)cc1)c1ccc(C)cc1. The van der Waals surface area contributed by atoms with E-state index in [0.29, 0.717) is 5.92 Å². The first-order valence-electron chi connectivity index (χ1n) is 6.84. The van der Waals surface area contributed by atoms with Crippen molar-refractivity contribution in [2.24, 2.45) is 0 Å². The first-order chi connectivity index (χ1) is 8.70. The number of hydrogen-bond acceptors (Lipinski definition) is 0. The molecule has 0 spiro atoms. The van der Waals surface area contributed by atoms with Gasteiger partial charge in [-0.05, 0) is 31.4 Å². The summed E-state index contributed by atoms with van der Waals surface area (Å²) >= 11 is 0. The van der Waals surface area contributed by atoms with Crippen molar-refractivity contribution in [3.05, 3.63) is 70.8 Å². The van der Waals surface area contributed by atoms with E-state index in [1.165, 1.54) is 35.1 Å². The summed E-state index contributed by atoms with van der Waals surface area (Å²) in [5.41, 5.74) is 5.54. The van der Waals surface area contributed by atoms with E-state index < -0.39 is 0 Å². The molecule has 0 aliphatic carbocycles. The maximum Gasteiger partial charge on any atom is 0.00892 e. The quantitative estimate of drug-likeness (QED) is 0.683. The third-order valence-corrected chi connectivity index (χ3v) is 3.54. The van der Waals surface area contributed by atoms with Crippen LogP contribution in [0.1, 0.15) is 47.9 Å². The zero-order chi connectivity index (χ0) is 13.0. The highest BCUT2D eigenvalue weighted by Crippen LogP contribution is 2.29. The van der Waals surface area contributed by atoms with Crippen LogP contribution in [-0.4, -0.2) is 0 Å². The van der Waals surface area contributed by atoms with Gasteiger partial charge in [0.2, 0.25) is 0 Å². The van der Waals surface area contributed by atoms with Crippen LogP contribution >= 0.6 is 0 Å². The van der Waals surface area contributed by atoms with E-state index in [4.69, 9.17) is 0 Å². The molecule has 0 heterocycles. The van der Waals surface area contributed by atoms with Gasteiger partial charge in [0, 0.05) is 5.92 Å². The highest BCUT2D eigenvalue weighted by Gasteiger charge is 2.12. The van der Waals surface area contributed by atoms with Crippen molar-refractivity contribution in [1.82, 2.24) is 0 Å². The maximum absolute atomic E-state index is 2.27. The lowest BCUT2D eigenvalue weighted by atomic mass is 9.87. The van der Waals surface area contributed by atoms with Crippen molar-refractivity contribution in [2.75, 3.05) is 0 Å². The topological polar surface area (TPSA) is 0 Å². The summed E-state index contributed by atoms with van der Waals surface area (Å²) in [6.07, 6.45) is 2.43. The summed E-state index contributed by atoms with van der Waals surface area (Å²) in [6, 6.07) is 18.0. The molecule has 0 saturated carbocycles. The van der Waals surface area contributed by atoms with Gasteiger partial charge in [-0.1, -0.05) is 73.0 Å². The van der Waals surface area contributed by atoms with Crippen LogP contribution in [0.2, 0.25) is 0 Å². The first kappa shape index (κ1) is 12.9. The zero-order valence-electron chi connectivity index (χ0n) is 11.6. The molecule has 0 aliphatic heterocycles. The molecule has 0 radical (unpaired) electrons. The van der Waals surface area contributed by atoms with Crippen LogP contribution in [0.3, 0.4) is 0 Å². The van der Waals surface area contributed by atoms with Crippen LogP contribution in [0.4, 0.5) is 0 Å². The Morgan fingerprint density at radius 2 is 1.11 bits per heavy atom. The molecule has 0 atom stereocenters. The summed E-state index contributed by atoms with van der Waals surface area (Å²) in [5, 5.41) is 0. The van der Waals surface area contributed by atoms with E-state index >= 15 is 0 Å². The number of hydrogen-bond donors (Lipinski definition) is 0. The Labute approximate surface area is 111 Å². The Balaban J connectivity index is 2.33. The highest BCUT2D eigenvalue weighted by atomic mass is 14.2. The number of rotatable bonds is 4. The second kappa shape index (κ2) is 5.86. The standard InChI is InChI=1S/C18H22/c1-4-5-18(16-10-6-14(2)7-11-16)17-12-8-15(3)9-13-17/h6-13,18H,4-5H2,1-3H3. The van der Waals surface area contributed by atoms with E-state index in [0.717, 1.165) is 0 Å². The minimum atomic E-state index is 0.538. The average molecular weight is 238 g/mol. The van der Waals surface area contributed by atoms with Gasteiger partial charge in [0.25, 0.3) is 0 Å². The summed E-state index contributed by atoms with van der Waals surface area (Å²) < 4.78 is 0. The highest BCUT2D eigenvalue weighted by molar-refractivity contribution is 5.35. The Hall–Kier alpha value is -1.56. The molecule has 0 saturated heterocycles. The van der Waals surface area contributed by atoms with Crippen LogP contribution in [0.15, 0.2) is 48.5 Å². The summed E-state index contributed by atoms with van der Waals surface area (Å²) in [4.78, 5) is 0. The predicted octanol–water partition coefficient (Wildman–Crippen LogP) is 5.24. The second-order valence-corrected chi connectivity index (χ2v) is 5.16. The van der Waals surface area contributed by atoms with E-state index in [9.17, 15) is 0 Å². The maximum atomic E-state index is 2.27. The van der Waals surface area contributed by atoms with E-state index in [-0.39, 0.29) is 0 Å². The van der Waals surface area contributed by atoms with E-state index in [1.54, 1.807) is 0 Å². The van der Waals surface area contributed by atoms with Gasteiger partial charge in [-0.25, -0.2) is 0 Å². The fourth-order valence-electron chi connectivity index (χ4n) is 2.41. The largest absolute Gasteiger partial charge is 0.0653 e. The molecular formula is C18H22. The molecule has 0 nitrogen and oxygen atoms in total. The Kier molecular flexibility index (Phi) is 4.19. The van der Waals surface area contributed by atoms with E-state index in [2.05, 4.69) is 69.3 Å². The van der Waals surface area contributed by atoms with Crippen LogP contribution in [0.25, 0.3) is 0 Å². The third-order valence-electron chi connectivity index (χ3n) is 3.54. The third kappa shape index (κ3) is 3.01. The van der Waals surface area contributed by atoms with Crippen molar-refractivity contribution in [3.63, 3.8) is 0 Å². The normalized spacial score (nSPS) is 10.9. The lowest BCUT2D eigenvalue weighted by Gasteiger charge is -2.17. The molecule has 0 fully saturated rings. The fraction of sp³-hybridized carbons (Fsp3) is 0.333. The molecule has 2 aromatic carbocycles. The van der Waals surface area contributed by atoms with Crippen LogP contribution in [-0.2, 0) is 0 Å². The summed E-state index contributed by atoms with van der Waals surface area (Å²) in [7, 11) is 0. The Morgan fingerprint density at radius 3 is 1.44 bits per heavy atom. The van der Waals surface area contributed by atoms with Gasteiger partial charge in [-0.3, -0.25) is 0 Å². The van der Waals surface area contributed by atoms with E-state index in [1.807, 2.05) is 0 Å². The van der Waals surface area contributed by atoms with Gasteiger partial charge in [0.05, 0.1) is 0 Å².